The van der Waals surface area contributed by atoms with Crippen LogP contribution < -0.4 is 10.2 Å². The molecule has 0 aliphatic carbocycles. The Labute approximate surface area is 97.4 Å². The molecule has 17 heavy (non-hydrogen) atoms. The van der Waals surface area contributed by atoms with Crippen molar-refractivity contribution in [3.63, 3.8) is 0 Å². The van der Waals surface area contributed by atoms with Crippen LogP contribution in [0.2, 0.25) is 0 Å². The van der Waals surface area contributed by atoms with Crippen molar-refractivity contribution in [3.05, 3.63) is 17.8 Å². The van der Waals surface area contributed by atoms with Crippen LogP contribution in [0.4, 0.5) is 0 Å². The second-order valence-corrected chi connectivity index (χ2v) is 4.07. The summed E-state index contributed by atoms with van der Waals surface area (Å²) in [5, 5.41) is 35.4. The maximum Gasteiger partial charge on any atom is 0.299 e. The molecule has 4 N–H and O–H groups in total. The molecule has 0 spiro atoms. The van der Waals surface area contributed by atoms with Crippen molar-refractivity contribution in [1.82, 2.24) is 9.55 Å². The largest absolute Gasteiger partial charge is 0.456 e. The third-order valence-electron chi connectivity index (χ3n) is 2.90. The number of nitrogens with one attached hydrogen (secondary N) is 1. The van der Waals surface area contributed by atoms with Gasteiger partial charge in [0, 0.05) is 6.20 Å². The second kappa shape index (κ2) is 4.44. The van der Waals surface area contributed by atoms with Crippen LogP contribution in [0.15, 0.2) is 12.3 Å². The van der Waals surface area contributed by atoms with Crippen molar-refractivity contribution < 1.29 is 20.1 Å². The van der Waals surface area contributed by atoms with E-state index < -0.39 is 24.9 Å². The van der Waals surface area contributed by atoms with Crippen molar-refractivity contribution in [3.8, 4) is 6.01 Å². The Morgan fingerprint density at radius 3 is 2.94 bits per heavy atom. The average Bonchev–Trinajstić information content (AvgIpc) is 2.64. The first-order valence-corrected chi connectivity index (χ1v) is 5.32. The van der Waals surface area contributed by atoms with Gasteiger partial charge < -0.3 is 20.1 Å². The standard InChI is InChI=1S/C10H15N3O4/c1-5-9(8(16)6(15)4-14)17-10-12-7(11)2-3-13(5)10/h2-3,5-6,8-9,11,14-16H,4H2,1H3/t5-,6-,8?,9+/m1/s1. The highest BCUT2D eigenvalue weighted by Gasteiger charge is 2.39. The molecule has 2 rings (SSSR count). The first kappa shape index (κ1) is 12.0. The smallest absolute Gasteiger partial charge is 0.299 e. The third kappa shape index (κ3) is 2.04. The summed E-state index contributed by atoms with van der Waals surface area (Å²) in [5.74, 6) is 0. The van der Waals surface area contributed by atoms with E-state index in [9.17, 15) is 10.2 Å². The van der Waals surface area contributed by atoms with Gasteiger partial charge in [-0.1, -0.05) is 0 Å². The number of nitrogens with zero attached hydrogens (tertiary/aromatic N) is 2. The maximum atomic E-state index is 9.81. The zero-order valence-electron chi connectivity index (χ0n) is 9.32. The summed E-state index contributed by atoms with van der Waals surface area (Å²) in [6, 6.07) is 1.52. The van der Waals surface area contributed by atoms with Gasteiger partial charge in [0.15, 0.2) is 11.6 Å². The Morgan fingerprint density at radius 1 is 1.59 bits per heavy atom. The molecular formula is C10H15N3O4. The summed E-state index contributed by atoms with van der Waals surface area (Å²) in [5.41, 5.74) is 0.0706. The van der Waals surface area contributed by atoms with Crippen LogP contribution in [0.25, 0.3) is 0 Å². The highest BCUT2D eigenvalue weighted by atomic mass is 16.5. The SMILES string of the molecule is C[C@@H]1[C@@H](C(O)[C@H](O)CO)Oc2nc(=N)ccn21. The first-order valence-electron chi connectivity index (χ1n) is 5.32. The molecule has 0 aromatic carbocycles. The Morgan fingerprint density at radius 2 is 2.29 bits per heavy atom. The molecule has 0 bridgehead atoms. The number of aliphatic hydroxyl groups excluding tert-OH is 3. The molecular weight excluding hydrogens is 226 g/mol. The van der Waals surface area contributed by atoms with E-state index in [-0.39, 0.29) is 17.5 Å². The van der Waals surface area contributed by atoms with Gasteiger partial charge in [-0.2, -0.15) is 4.98 Å². The Kier molecular flexibility index (Phi) is 3.14. The average molecular weight is 241 g/mol. The van der Waals surface area contributed by atoms with E-state index >= 15 is 0 Å². The fourth-order valence-electron chi connectivity index (χ4n) is 1.87. The Bertz CT molecular complexity index is 461. The summed E-state index contributed by atoms with van der Waals surface area (Å²) >= 11 is 0. The molecule has 0 fully saturated rings. The normalized spacial score (nSPS) is 26.1. The predicted octanol–water partition coefficient (Wildman–Crippen LogP) is -1.60. The van der Waals surface area contributed by atoms with Gasteiger partial charge in [0.25, 0.3) is 6.01 Å². The van der Waals surface area contributed by atoms with Crippen LogP contribution in [0.3, 0.4) is 0 Å². The maximum absolute atomic E-state index is 9.81. The molecule has 0 saturated carbocycles. The lowest BCUT2D eigenvalue weighted by Crippen LogP contribution is -2.43. The minimum atomic E-state index is -1.26. The molecule has 94 valence electrons. The lowest BCUT2D eigenvalue weighted by atomic mass is 10.0. The lowest BCUT2D eigenvalue weighted by molar-refractivity contribution is -0.0690. The van der Waals surface area contributed by atoms with E-state index in [0.29, 0.717) is 0 Å². The van der Waals surface area contributed by atoms with Crippen molar-refractivity contribution in [1.29, 1.82) is 5.41 Å². The van der Waals surface area contributed by atoms with Gasteiger partial charge in [-0.15, -0.1) is 0 Å². The summed E-state index contributed by atoms with van der Waals surface area (Å²) in [7, 11) is 0. The number of rotatable bonds is 3. The van der Waals surface area contributed by atoms with E-state index in [1.165, 1.54) is 6.07 Å². The number of aliphatic hydroxyl groups is 3. The first-order chi connectivity index (χ1) is 8.04. The Balaban J connectivity index is 2.25. The molecule has 0 saturated heterocycles. The monoisotopic (exact) mass is 241 g/mol. The van der Waals surface area contributed by atoms with Gasteiger partial charge in [0.2, 0.25) is 0 Å². The minimum absolute atomic E-state index is 0.0706. The highest BCUT2D eigenvalue weighted by Crippen LogP contribution is 2.30. The van der Waals surface area contributed by atoms with Crippen LogP contribution in [0.5, 0.6) is 6.01 Å². The van der Waals surface area contributed by atoms with Crippen LogP contribution in [-0.2, 0) is 0 Å². The molecule has 1 unspecified atom stereocenters. The van der Waals surface area contributed by atoms with Crippen molar-refractivity contribution >= 4 is 0 Å². The fourth-order valence-corrected chi connectivity index (χ4v) is 1.87. The number of hydrogen-bond acceptors (Lipinski definition) is 6. The summed E-state index contributed by atoms with van der Waals surface area (Å²) in [6.45, 7) is 1.27. The summed E-state index contributed by atoms with van der Waals surface area (Å²) < 4.78 is 7.07. The van der Waals surface area contributed by atoms with E-state index in [0.717, 1.165) is 0 Å². The van der Waals surface area contributed by atoms with Gasteiger partial charge in [-0.25, -0.2) is 0 Å². The summed E-state index contributed by atoms with van der Waals surface area (Å²) in [6.07, 6.45) is -1.50. The number of ether oxygens (including phenoxy) is 1. The van der Waals surface area contributed by atoms with Crippen molar-refractivity contribution in [2.75, 3.05) is 6.61 Å². The summed E-state index contributed by atoms with van der Waals surface area (Å²) in [4.78, 5) is 3.87. The van der Waals surface area contributed by atoms with Crippen molar-refractivity contribution in [2.24, 2.45) is 0 Å². The molecule has 1 aromatic rings. The lowest BCUT2D eigenvalue weighted by Gasteiger charge is -2.24. The molecule has 1 aliphatic heterocycles. The van der Waals surface area contributed by atoms with E-state index in [4.69, 9.17) is 15.3 Å². The van der Waals surface area contributed by atoms with Crippen LogP contribution in [0.1, 0.15) is 13.0 Å². The molecule has 7 nitrogen and oxygen atoms in total. The molecule has 2 heterocycles. The van der Waals surface area contributed by atoms with Crippen molar-refractivity contribution in [2.45, 2.75) is 31.3 Å². The molecule has 7 heteroatoms. The highest BCUT2D eigenvalue weighted by molar-refractivity contribution is 5.09. The number of fused-ring (bicyclic) bond motifs is 1. The number of aromatic nitrogens is 2. The quantitative estimate of drug-likeness (QED) is 0.509. The molecule has 1 aliphatic rings. The van der Waals surface area contributed by atoms with Gasteiger partial charge >= 0.3 is 0 Å². The molecule has 4 atom stereocenters. The zero-order chi connectivity index (χ0) is 12.6. The van der Waals surface area contributed by atoms with Crippen LogP contribution in [-0.4, -0.2) is 49.8 Å². The van der Waals surface area contributed by atoms with Crippen LogP contribution in [0, 0.1) is 5.41 Å². The van der Waals surface area contributed by atoms with Gasteiger partial charge in [-0.05, 0) is 13.0 Å². The zero-order valence-corrected chi connectivity index (χ0v) is 9.32. The number of hydrogen-bond donors (Lipinski definition) is 4. The van der Waals surface area contributed by atoms with Crippen LogP contribution >= 0.6 is 0 Å². The topological polar surface area (TPSA) is 112 Å². The van der Waals surface area contributed by atoms with E-state index in [1.54, 1.807) is 17.7 Å². The molecule has 0 amide bonds. The minimum Gasteiger partial charge on any atom is -0.456 e. The van der Waals surface area contributed by atoms with E-state index in [2.05, 4.69) is 4.98 Å². The van der Waals surface area contributed by atoms with E-state index in [1.807, 2.05) is 0 Å². The molecule has 0 radical (unpaired) electrons. The second-order valence-electron chi connectivity index (χ2n) is 4.07. The van der Waals surface area contributed by atoms with Gasteiger partial charge in [0.1, 0.15) is 12.2 Å². The fraction of sp³-hybridized carbons (Fsp3) is 0.600. The predicted molar refractivity (Wildman–Crippen MR) is 56.3 cm³/mol. The third-order valence-corrected chi connectivity index (χ3v) is 2.90. The molecule has 1 aromatic heterocycles. The van der Waals surface area contributed by atoms with Gasteiger partial charge in [0.05, 0.1) is 12.6 Å². The Hall–Kier alpha value is -1.44. The van der Waals surface area contributed by atoms with Gasteiger partial charge in [-0.3, -0.25) is 9.98 Å².